The first-order valence-corrected chi connectivity index (χ1v) is 16.0. The van der Waals surface area contributed by atoms with Gasteiger partial charge in [-0.05, 0) is 71.6 Å². The number of para-hydroxylation sites is 4. The smallest absolute Gasteiger partial charge is 0.260 e. The van der Waals surface area contributed by atoms with Crippen molar-refractivity contribution >= 4 is 57.2 Å². The molecule has 0 fully saturated rings. The summed E-state index contributed by atoms with van der Waals surface area (Å²) in [6.45, 7) is -0.199. The number of hydrogen-bond acceptors (Lipinski definition) is 4. The highest BCUT2D eigenvalue weighted by Gasteiger charge is 2.41. The third-order valence-electron chi connectivity index (χ3n) is 8.99. The quantitative estimate of drug-likeness (QED) is 0.173. The first-order chi connectivity index (χ1) is 23.7. The first-order valence-electron chi connectivity index (χ1n) is 16.0. The minimum Gasteiger partial charge on any atom is -0.458 e. The lowest BCUT2D eigenvalue weighted by Crippen LogP contribution is -2.57. The molecular weight excluding hydrogens is 594 g/mol. The molecule has 0 amide bonds. The van der Waals surface area contributed by atoms with Gasteiger partial charge >= 0.3 is 0 Å². The van der Waals surface area contributed by atoms with Gasteiger partial charge in [-0.15, -0.1) is 0 Å². The fourth-order valence-electron chi connectivity index (χ4n) is 6.92. The first kappa shape index (κ1) is 28.0. The number of hydrogen-bond donors (Lipinski definition) is 0. The van der Waals surface area contributed by atoms with Crippen molar-refractivity contribution in [3.8, 4) is 23.0 Å². The molecule has 0 radical (unpaired) electrons. The van der Waals surface area contributed by atoms with E-state index in [-0.39, 0.29) is 6.71 Å². The maximum absolute atomic E-state index is 15.2. The van der Waals surface area contributed by atoms with Gasteiger partial charge in [0.2, 0.25) is 0 Å². The van der Waals surface area contributed by atoms with Crippen LogP contribution in [0.2, 0.25) is 0 Å². The van der Waals surface area contributed by atoms with Gasteiger partial charge in [0, 0.05) is 63.9 Å². The molecule has 0 aliphatic carbocycles. The second kappa shape index (κ2) is 11.5. The molecule has 0 unspecified atom stereocenters. The minimum absolute atomic E-state index is 0.199. The highest BCUT2D eigenvalue weighted by Crippen LogP contribution is 2.42. The van der Waals surface area contributed by atoms with Crippen LogP contribution >= 0.6 is 0 Å². The van der Waals surface area contributed by atoms with E-state index in [0.717, 1.165) is 50.5 Å². The van der Waals surface area contributed by atoms with Crippen LogP contribution in [0.1, 0.15) is 0 Å². The molecular formula is C42H28BFN2O2. The standard InChI is InChI=1S/C42H28BFN2O2/c44-29-25-40-42-41(26-29)48-39-28-35(46(32-17-9-3-10-18-32)33-19-11-4-12-20-33)22-24-37(39)43(42)36-23-21-34(27-38(36)47-40)45(30-13-5-1-6-14-30)31-15-7-2-8-16-31/h1-28H. The van der Waals surface area contributed by atoms with Crippen molar-refractivity contribution < 1.29 is 13.9 Å². The lowest BCUT2D eigenvalue weighted by molar-refractivity contribution is 0.455. The maximum atomic E-state index is 15.2. The fourth-order valence-corrected chi connectivity index (χ4v) is 6.92. The van der Waals surface area contributed by atoms with E-state index in [1.54, 1.807) is 0 Å². The summed E-state index contributed by atoms with van der Waals surface area (Å²) in [6.07, 6.45) is 0. The molecule has 0 aromatic heterocycles. The Morgan fingerprint density at radius 1 is 0.375 bits per heavy atom. The molecule has 228 valence electrons. The van der Waals surface area contributed by atoms with Gasteiger partial charge in [-0.3, -0.25) is 0 Å². The van der Waals surface area contributed by atoms with Crippen LogP contribution in [-0.4, -0.2) is 6.71 Å². The van der Waals surface area contributed by atoms with Crippen molar-refractivity contribution in [3.63, 3.8) is 0 Å². The van der Waals surface area contributed by atoms with Crippen LogP contribution in [0.4, 0.5) is 38.5 Å². The third kappa shape index (κ3) is 4.78. The lowest BCUT2D eigenvalue weighted by Gasteiger charge is -2.34. The fraction of sp³-hybridized carbons (Fsp3) is 0. The van der Waals surface area contributed by atoms with Gasteiger partial charge in [0.25, 0.3) is 6.71 Å². The molecule has 0 bridgehead atoms. The summed E-state index contributed by atoms with van der Waals surface area (Å²) in [5.41, 5.74) is 8.82. The Kier molecular flexibility index (Phi) is 6.72. The number of anilines is 6. The molecule has 0 spiro atoms. The molecule has 0 atom stereocenters. The Morgan fingerprint density at radius 2 is 0.729 bits per heavy atom. The molecule has 6 heteroatoms. The van der Waals surface area contributed by atoms with Gasteiger partial charge in [0.05, 0.1) is 0 Å². The third-order valence-corrected chi connectivity index (χ3v) is 8.99. The van der Waals surface area contributed by atoms with Crippen LogP contribution in [-0.2, 0) is 0 Å². The number of benzene rings is 7. The molecule has 0 N–H and O–H groups in total. The summed E-state index contributed by atoms with van der Waals surface area (Å²) in [4.78, 5) is 4.39. The van der Waals surface area contributed by atoms with Gasteiger partial charge in [0.1, 0.15) is 28.8 Å². The van der Waals surface area contributed by atoms with Crippen molar-refractivity contribution in [2.45, 2.75) is 0 Å². The van der Waals surface area contributed by atoms with Gasteiger partial charge in [-0.25, -0.2) is 4.39 Å². The molecule has 7 aromatic rings. The number of rotatable bonds is 6. The molecule has 0 saturated carbocycles. The predicted molar refractivity (Wildman–Crippen MR) is 193 cm³/mol. The molecule has 7 aromatic carbocycles. The van der Waals surface area contributed by atoms with Crippen LogP contribution < -0.4 is 35.7 Å². The van der Waals surface area contributed by atoms with Crippen LogP contribution in [0.15, 0.2) is 170 Å². The largest absolute Gasteiger partial charge is 0.458 e. The van der Waals surface area contributed by atoms with E-state index in [1.165, 1.54) is 12.1 Å². The van der Waals surface area contributed by atoms with Crippen LogP contribution in [0.3, 0.4) is 0 Å². The van der Waals surface area contributed by atoms with Gasteiger partial charge < -0.3 is 19.3 Å². The summed E-state index contributed by atoms with van der Waals surface area (Å²) in [5, 5.41) is 0. The van der Waals surface area contributed by atoms with Crippen molar-refractivity contribution in [2.24, 2.45) is 0 Å². The summed E-state index contributed by atoms with van der Waals surface area (Å²) in [7, 11) is 0. The zero-order valence-corrected chi connectivity index (χ0v) is 25.8. The second-order valence-electron chi connectivity index (χ2n) is 11.9. The normalized spacial score (nSPS) is 12.1. The van der Waals surface area contributed by atoms with Crippen LogP contribution in [0.5, 0.6) is 23.0 Å². The SMILES string of the molecule is Fc1cc2c3c(c1)Oc1cc(N(c4ccccc4)c4ccccc4)ccc1B3c1ccc(N(c3ccccc3)c3ccccc3)cc1O2. The molecule has 9 rings (SSSR count). The highest BCUT2D eigenvalue weighted by atomic mass is 19.1. The minimum atomic E-state index is -0.410. The van der Waals surface area contributed by atoms with E-state index in [4.69, 9.17) is 9.47 Å². The highest BCUT2D eigenvalue weighted by molar-refractivity contribution is 6.98. The lowest BCUT2D eigenvalue weighted by atomic mass is 9.35. The molecule has 48 heavy (non-hydrogen) atoms. The van der Waals surface area contributed by atoms with E-state index in [1.807, 2.05) is 72.8 Å². The zero-order valence-electron chi connectivity index (χ0n) is 25.8. The second-order valence-corrected chi connectivity index (χ2v) is 11.9. The molecule has 2 heterocycles. The Hall–Kier alpha value is -6.27. The van der Waals surface area contributed by atoms with Crippen LogP contribution in [0, 0.1) is 5.82 Å². The van der Waals surface area contributed by atoms with E-state index < -0.39 is 5.82 Å². The summed E-state index contributed by atoms with van der Waals surface area (Å²) in [5.74, 6) is 1.90. The predicted octanol–water partition coefficient (Wildman–Crippen LogP) is 9.49. The Bertz CT molecular complexity index is 2030. The van der Waals surface area contributed by atoms with Gasteiger partial charge in [-0.2, -0.15) is 0 Å². The van der Waals surface area contributed by atoms with Crippen LogP contribution in [0.25, 0.3) is 0 Å². The summed E-state index contributed by atoms with van der Waals surface area (Å²) in [6, 6.07) is 56.6. The van der Waals surface area contributed by atoms with Crippen molar-refractivity contribution in [2.75, 3.05) is 9.80 Å². The van der Waals surface area contributed by atoms with E-state index in [0.29, 0.717) is 23.0 Å². The number of halogens is 1. The summed E-state index contributed by atoms with van der Waals surface area (Å²) < 4.78 is 28.2. The molecule has 2 aliphatic rings. The average Bonchev–Trinajstić information content (AvgIpc) is 3.13. The van der Waals surface area contributed by atoms with Gasteiger partial charge in [0.15, 0.2) is 0 Å². The van der Waals surface area contributed by atoms with E-state index in [2.05, 4.69) is 94.7 Å². The molecule has 4 nitrogen and oxygen atoms in total. The van der Waals surface area contributed by atoms with Crippen molar-refractivity contribution in [1.82, 2.24) is 0 Å². The average molecular weight is 623 g/mol. The Morgan fingerprint density at radius 3 is 1.08 bits per heavy atom. The number of fused-ring (bicyclic) bond motifs is 4. The Balaban J connectivity index is 1.18. The Labute approximate surface area is 278 Å². The topological polar surface area (TPSA) is 24.9 Å². The molecule has 2 aliphatic heterocycles. The number of nitrogens with zero attached hydrogens (tertiary/aromatic N) is 2. The number of ether oxygens (including phenoxy) is 2. The van der Waals surface area contributed by atoms with Gasteiger partial charge in [-0.1, -0.05) is 84.9 Å². The monoisotopic (exact) mass is 622 g/mol. The van der Waals surface area contributed by atoms with Crippen molar-refractivity contribution in [3.05, 3.63) is 176 Å². The summed E-state index contributed by atoms with van der Waals surface area (Å²) >= 11 is 0. The molecule has 0 saturated heterocycles. The maximum Gasteiger partial charge on any atom is 0.260 e. The van der Waals surface area contributed by atoms with E-state index >= 15 is 4.39 Å². The zero-order chi connectivity index (χ0) is 32.0. The van der Waals surface area contributed by atoms with Crippen molar-refractivity contribution in [1.29, 1.82) is 0 Å². The van der Waals surface area contributed by atoms with E-state index in [9.17, 15) is 0 Å².